The number of benzene rings is 1. The van der Waals surface area contributed by atoms with E-state index in [9.17, 15) is 24.5 Å². The smallest absolute Gasteiger partial charge is 0.323 e. The van der Waals surface area contributed by atoms with Gasteiger partial charge < -0.3 is 15.7 Å². The Kier molecular flexibility index (Phi) is 5.36. The minimum Gasteiger partial charge on any atom is -0.480 e. The fourth-order valence-corrected chi connectivity index (χ4v) is 1.93. The van der Waals surface area contributed by atoms with Crippen LogP contribution in [-0.2, 0) is 9.59 Å². The topological polar surface area (TPSA) is 144 Å². The van der Waals surface area contributed by atoms with Crippen molar-refractivity contribution >= 4 is 39.4 Å². The second kappa shape index (κ2) is 6.79. The maximum atomic E-state index is 12.2. The number of nitrogens with two attached hydrogens (primary N) is 1. The van der Waals surface area contributed by atoms with Crippen molar-refractivity contribution in [3.63, 3.8) is 0 Å². The van der Waals surface area contributed by atoms with E-state index in [1.807, 2.05) is 0 Å². The highest BCUT2D eigenvalue weighted by molar-refractivity contribution is 9.10. The molecule has 0 aliphatic carbocycles. The number of carbonyl (C=O) groups is 3. The fraction of sp³-hybridized carbons (Fsp3) is 0.182. The number of carbonyl (C=O) groups excluding carboxylic acids is 2. The normalized spacial score (nSPS) is 9.95. The van der Waals surface area contributed by atoms with Crippen LogP contribution in [-0.4, -0.2) is 45.8 Å². The summed E-state index contributed by atoms with van der Waals surface area (Å²) in [5.41, 5.74) is 4.49. The Balaban J connectivity index is 3.18. The molecule has 2 amide bonds. The summed E-state index contributed by atoms with van der Waals surface area (Å²) in [6, 6.07) is 3.45. The van der Waals surface area contributed by atoms with Gasteiger partial charge in [0.2, 0.25) is 5.91 Å². The zero-order valence-electron chi connectivity index (χ0n) is 10.5. The third-order valence-corrected chi connectivity index (χ3v) is 3.04. The van der Waals surface area contributed by atoms with Crippen molar-refractivity contribution in [2.45, 2.75) is 0 Å². The lowest BCUT2D eigenvalue weighted by atomic mass is 10.1. The van der Waals surface area contributed by atoms with Gasteiger partial charge in [0.05, 0.1) is 10.5 Å². The lowest BCUT2D eigenvalue weighted by molar-refractivity contribution is -0.384. The van der Waals surface area contributed by atoms with Crippen molar-refractivity contribution in [1.29, 1.82) is 0 Å². The number of primary amides is 1. The SMILES string of the molecule is NC(=O)CN(CC(=O)O)C(=O)c1cc([N+](=O)[O-])ccc1Br. The summed E-state index contributed by atoms with van der Waals surface area (Å²) in [5, 5.41) is 19.4. The van der Waals surface area contributed by atoms with E-state index in [-0.39, 0.29) is 15.7 Å². The minimum atomic E-state index is -1.34. The molecule has 0 atom stereocenters. The molecule has 0 heterocycles. The van der Waals surface area contributed by atoms with Gasteiger partial charge in [-0.2, -0.15) is 0 Å². The van der Waals surface area contributed by atoms with Crippen molar-refractivity contribution in [3.05, 3.63) is 38.3 Å². The van der Waals surface area contributed by atoms with Crippen LogP contribution < -0.4 is 5.73 Å². The summed E-state index contributed by atoms with van der Waals surface area (Å²) in [6.07, 6.45) is 0. The third kappa shape index (κ3) is 4.53. The number of carboxylic acids is 1. The number of non-ortho nitro benzene ring substituents is 1. The van der Waals surface area contributed by atoms with E-state index in [0.29, 0.717) is 4.90 Å². The first kappa shape index (κ1) is 16.6. The number of nitro benzene ring substituents is 1. The highest BCUT2D eigenvalue weighted by Crippen LogP contribution is 2.23. The van der Waals surface area contributed by atoms with Gasteiger partial charge in [0, 0.05) is 16.6 Å². The first-order chi connectivity index (χ1) is 9.72. The van der Waals surface area contributed by atoms with Gasteiger partial charge >= 0.3 is 5.97 Å². The van der Waals surface area contributed by atoms with Crippen LogP contribution in [0.4, 0.5) is 5.69 Å². The predicted molar refractivity (Wildman–Crippen MR) is 73.5 cm³/mol. The number of carboxylic acid groups (broad SMARTS) is 1. The Morgan fingerprint density at radius 2 is 1.95 bits per heavy atom. The molecule has 0 unspecified atom stereocenters. The summed E-state index contributed by atoms with van der Waals surface area (Å²) in [4.78, 5) is 44.5. The zero-order chi connectivity index (χ0) is 16.2. The first-order valence-electron chi connectivity index (χ1n) is 5.45. The standard InChI is InChI=1S/C11H10BrN3O6/c12-8-2-1-6(15(20)21)3-7(8)11(19)14(4-9(13)16)5-10(17)18/h1-3H,4-5H2,(H2,13,16)(H,17,18). The molecule has 0 aliphatic heterocycles. The maximum Gasteiger partial charge on any atom is 0.323 e. The number of nitro groups is 1. The Morgan fingerprint density at radius 1 is 1.33 bits per heavy atom. The number of rotatable bonds is 6. The molecule has 0 saturated heterocycles. The average Bonchev–Trinajstić information content (AvgIpc) is 2.36. The molecular weight excluding hydrogens is 350 g/mol. The molecule has 1 aromatic carbocycles. The van der Waals surface area contributed by atoms with E-state index in [1.165, 1.54) is 12.1 Å². The molecule has 0 radical (unpaired) electrons. The van der Waals surface area contributed by atoms with Crippen LogP contribution in [0.25, 0.3) is 0 Å². The number of hydrogen-bond donors (Lipinski definition) is 2. The second-order valence-electron chi connectivity index (χ2n) is 3.94. The van der Waals surface area contributed by atoms with Crippen molar-refractivity contribution in [2.75, 3.05) is 13.1 Å². The van der Waals surface area contributed by atoms with Crippen LogP contribution in [0, 0.1) is 10.1 Å². The predicted octanol–water partition coefficient (Wildman–Crippen LogP) is 0.369. The highest BCUT2D eigenvalue weighted by Gasteiger charge is 2.24. The molecule has 21 heavy (non-hydrogen) atoms. The first-order valence-corrected chi connectivity index (χ1v) is 6.25. The van der Waals surface area contributed by atoms with E-state index in [2.05, 4.69) is 15.9 Å². The van der Waals surface area contributed by atoms with Crippen LogP contribution >= 0.6 is 15.9 Å². The fourth-order valence-electron chi connectivity index (χ4n) is 1.51. The molecule has 0 aromatic heterocycles. The zero-order valence-corrected chi connectivity index (χ0v) is 12.1. The lowest BCUT2D eigenvalue weighted by Crippen LogP contribution is -2.41. The molecular formula is C11H10BrN3O6. The Bertz CT molecular complexity index is 602. The number of aliphatic carboxylic acids is 1. The van der Waals surface area contributed by atoms with Gasteiger partial charge in [0.1, 0.15) is 13.1 Å². The van der Waals surface area contributed by atoms with Gasteiger partial charge in [-0.05, 0) is 22.0 Å². The summed E-state index contributed by atoms with van der Waals surface area (Å²) >= 11 is 3.05. The summed E-state index contributed by atoms with van der Waals surface area (Å²) in [6.45, 7) is -1.36. The van der Waals surface area contributed by atoms with Crippen LogP contribution in [0.15, 0.2) is 22.7 Å². The summed E-state index contributed by atoms with van der Waals surface area (Å²) in [7, 11) is 0. The van der Waals surface area contributed by atoms with Crippen LogP contribution in [0.5, 0.6) is 0 Å². The summed E-state index contributed by atoms with van der Waals surface area (Å²) < 4.78 is 0.234. The van der Waals surface area contributed by atoms with Crippen LogP contribution in [0.3, 0.4) is 0 Å². The molecule has 0 fully saturated rings. The van der Waals surface area contributed by atoms with Crippen LogP contribution in [0.2, 0.25) is 0 Å². The molecule has 9 nitrogen and oxygen atoms in total. The molecule has 10 heteroatoms. The van der Waals surface area contributed by atoms with E-state index >= 15 is 0 Å². The molecule has 112 valence electrons. The van der Waals surface area contributed by atoms with Crippen molar-refractivity contribution in [3.8, 4) is 0 Å². The van der Waals surface area contributed by atoms with Crippen molar-refractivity contribution in [1.82, 2.24) is 4.90 Å². The van der Waals surface area contributed by atoms with E-state index in [0.717, 1.165) is 6.07 Å². The lowest BCUT2D eigenvalue weighted by Gasteiger charge is -2.19. The van der Waals surface area contributed by atoms with E-state index < -0.39 is 35.8 Å². The van der Waals surface area contributed by atoms with E-state index in [4.69, 9.17) is 10.8 Å². The average molecular weight is 360 g/mol. The molecule has 1 aromatic rings. The van der Waals surface area contributed by atoms with Gasteiger partial charge in [0.25, 0.3) is 11.6 Å². The molecule has 3 N–H and O–H groups in total. The molecule has 0 bridgehead atoms. The molecule has 0 saturated carbocycles. The molecule has 0 aliphatic rings. The highest BCUT2D eigenvalue weighted by atomic mass is 79.9. The largest absolute Gasteiger partial charge is 0.480 e. The van der Waals surface area contributed by atoms with Crippen molar-refractivity contribution in [2.24, 2.45) is 5.73 Å². The number of nitrogens with zero attached hydrogens (tertiary/aromatic N) is 2. The summed E-state index contributed by atoms with van der Waals surface area (Å²) in [5.74, 6) is -3.09. The van der Waals surface area contributed by atoms with E-state index in [1.54, 1.807) is 0 Å². The number of hydrogen-bond acceptors (Lipinski definition) is 5. The molecule has 0 spiro atoms. The minimum absolute atomic E-state index is 0.133. The Hall–Kier alpha value is -2.49. The maximum absolute atomic E-state index is 12.2. The quantitative estimate of drug-likeness (QED) is 0.554. The number of amides is 2. The van der Waals surface area contributed by atoms with Crippen LogP contribution in [0.1, 0.15) is 10.4 Å². The van der Waals surface area contributed by atoms with Gasteiger partial charge in [0.15, 0.2) is 0 Å². The van der Waals surface area contributed by atoms with Crippen molar-refractivity contribution < 1.29 is 24.4 Å². The third-order valence-electron chi connectivity index (χ3n) is 2.35. The van der Waals surface area contributed by atoms with Gasteiger partial charge in [-0.3, -0.25) is 24.5 Å². The van der Waals surface area contributed by atoms with Gasteiger partial charge in [-0.15, -0.1) is 0 Å². The second-order valence-corrected chi connectivity index (χ2v) is 4.80. The Labute approximate surface area is 126 Å². The van der Waals surface area contributed by atoms with Gasteiger partial charge in [-0.1, -0.05) is 0 Å². The van der Waals surface area contributed by atoms with Gasteiger partial charge in [-0.25, -0.2) is 0 Å². The monoisotopic (exact) mass is 359 g/mol. The number of halogens is 1. The Morgan fingerprint density at radius 3 is 2.43 bits per heavy atom. The molecule has 1 rings (SSSR count).